The molecule has 0 saturated carbocycles. The van der Waals surface area contributed by atoms with E-state index < -0.39 is 9.84 Å². The number of sulfone groups is 1. The first-order valence-corrected chi connectivity index (χ1v) is 17.3. The molecule has 1 aromatic heterocycles. The van der Waals surface area contributed by atoms with Crippen LogP contribution < -0.4 is 25.8 Å². The van der Waals surface area contributed by atoms with Gasteiger partial charge in [0.15, 0.2) is 26.6 Å². The monoisotopic (exact) mass is 643 g/mol. The molecule has 6 rings (SSSR count). The highest BCUT2D eigenvalue weighted by atomic mass is 32.2. The zero-order chi connectivity index (χ0) is 31.2. The Morgan fingerprint density at radius 3 is 2.20 bits per heavy atom. The van der Waals surface area contributed by atoms with Crippen molar-refractivity contribution in [2.45, 2.75) is 40.3 Å². The van der Waals surface area contributed by atoms with Gasteiger partial charge in [-0.3, -0.25) is 4.90 Å². The van der Waals surface area contributed by atoms with E-state index >= 15 is 0 Å². The Labute approximate surface area is 268 Å². The van der Waals surface area contributed by atoms with Crippen LogP contribution in [0.15, 0.2) is 112 Å². The topological polar surface area (TPSA) is 112 Å². The number of allylic oxidation sites excluding steroid dienone is 1. The van der Waals surface area contributed by atoms with Crippen LogP contribution in [0, 0.1) is 0 Å². The summed E-state index contributed by atoms with van der Waals surface area (Å²) in [6, 6.07) is 26.6. The maximum Gasteiger partial charge on any atom is 0.204 e. The minimum atomic E-state index is -3.48. The largest absolute Gasteiger partial charge is 0.490 e. The minimum absolute atomic E-state index is 0.0447. The highest BCUT2D eigenvalue weighted by Crippen LogP contribution is 2.38. The highest BCUT2D eigenvalue weighted by Gasteiger charge is 2.26. The molecule has 4 aromatic rings. The van der Waals surface area contributed by atoms with Crippen molar-refractivity contribution < 1.29 is 13.2 Å². The molecule has 10 nitrogen and oxygen atoms in total. The molecule has 0 spiro atoms. The molecule has 3 aromatic carbocycles. The smallest absolute Gasteiger partial charge is 0.204 e. The van der Waals surface area contributed by atoms with Crippen molar-refractivity contribution in [2.75, 3.05) is 43.5 Å². The van der Waals surface area contributed by atoms with Crippen molar-refractivity contribution >= 4 is 33.2 Å². The molecule has 1 atom stereocenters. The third-order valence-corrected chi connectivity index (χ3v) is 10.3. The maximum absolute atomic E-state index is 13.0. The molecule has 2 aliphatic heterocycles. The lowest BCUT2D eigenvalue weighted by Gasteiger charge is -2.36. The Bertz CT molecular complexity index is 1730. The summed E-state index contributed by atoms with van der Waals surface area (Å²) >= 11 is 1.38. The average Bonchev–Trinajstić information content (AvgIpc) is 3.46. The zero-order valence-corrected chi connectivity index (χ0v) is 26.9. The van der Waals surface area contributed by atoms with E-state index in [4.69, 9.17) is 14.7 Å². The highest BCUT2D eigenvalue weighted by molar-refractivity contribution is 7.99. The predicted octanol–water partition coefficient (Wildman–Crippen LogP) is 4.68. The lowest BCUT2D eigenvalue weighted by Crippen LogP contribution is -2.46. The maximum atomic E-state index is 13.0. The first kappa shape index (κ1) is 30.9. The lowest BCUT2D eigenvalue weighted by molar-refractivity contribution is 0.248. The molecule has 0 bridgehead atoms. The molecule has 0 radical (unpaired) electrons. The molecular weight excluding hydrogens is 607 g/mol. The van der Waals surface area contributed by atoms with Crippen LogP contribution in [-0.2, 0) is 22.1 Å². The number of nitrogens with one attached hydrogen (secondary N) is 3. The summed E-state index contributed by atoms with van der Waals surface area (Å²) in [5.41, 5.74) is 9.36. The summed E-state index contributed by atoms with van der Waals surface area (Å²) in [5, 5.41) is 3.97. The Balaban J connectivity index is 1.23. The molecule has 1 unspecified atom stereocenters. The van der Waals surface area contributed by atoms with Crippen LogP contribution in [0.2, 0.25) is 0 Å². The Kier molecular flexibility index (Phi) is 9.55. The van der Waals surface area contributed by atoms with E-state index in [1.807, 2.05) is 49.4 Å². The number of hydrogen-bond donors (Lipinski definition) is 3. The minimum Gasteiger partial charge on any atom is -0.490 e. The fourth-order valence-corrected chi connectivity index (χ4v) is 7.47. The summed E-state index contributed by atoms with van der Waals surface area (Å²) < 4.78 is 32.0. The number of piperazine rings is 1. The van der Waals surface area contributed by atoms with E-state index in [2.05, 4.69) is 50.2 Å². The van der Waals surface area contributed by atoms with Gasteiger partial charge in [-0.2, -0.15) is 0 Å². The number of methoxy groups -OCH3 is 1. The van der Waals surface area contributed by atoms with Gasteiger partial charge in [0.25, 0.3) is 0 Å². The Hall–Kier alpha value is -4.10. The van der Waals surface area contributed by atoms with E-state index in [1.54, 1.807) is 31.4 Å². The summed E-state index contributed by atoms with van der Waals surface area (Å²) in [5.74, 6) is 1.84. The van der Waals surface area contributed by atoms with Crippen LogP contribution in [0.5, 0.6) is 5.75 Å². The zero-order valence-electron chi connectivity index (χ0n) is 25.3. The van der Waals surface area contributed by atoms with Gasteiger partial charge < -0.3 is 20.4 Å². The van der Waals surface area contributed by atoms with Gasteiger partial charge in [0.05, 0.1) is 17.8 Å². The molecule has 45 heavy (non-hydrogen) atoms. The van der Waals surface area contributed by atoms with E-state index in [0.29, 0.717) is 16.7 Å². The summed E-state index contributed by atoms with van der Waals surface area (Å²) in [6.07, 6.45) is 1.85. The number of nitrogens with zero attached hydrogens (tertiary/aromatic N) is 4. The van der Waals surface area contributed by atoms with Crippen LogP contribution in [0.25, 0.3) is 0 Å². The summed E-state index contributed by atoms with van der Waals surface area (Å²) in [7, 11) is -1.84. The number of anilines is 2. The SMILES string of the molecule is COc1c(NC2C=C(C)NN2)nc(Sc2ccc(S(=O)(=O)Cc3ccccc3)cc2)nc1N1CCN(Cc2ccccc2)CC1. The average molecular weight is 644 g/mol. The van der Waals surface area contributed by atoms with Crippen LogP contribution in [0.3, 0.4) is 0 Å². The molecule has 0 amide bonds. The molecule has 1 saturated heterocycles. The van der Waals surface area contributed by atoms with Crippen LogP contribution in [-0.4, -0.2) is 62.7 Å². The molecule has 0 aliphatic carbocycles. The van der Waals surface area contributed by atoms with Gasteiger partial charge in [-0.05, 0) is 60.2 Å². The normalized spacial score (nSPS) is 17.1. The van der Waals surface area contributed by atoms with Crippen molar-refractivity contribution in [3.8, 4) is 5.75 Å². The Morgan fingerprint density at radius 2 is 1.58 bits per heavy atom. The standard InChI is InChI=1S/C33H37N7O3S2/c1-24-21-29(38-37-24)34-31-30(43-2)32(40-19-17-39(18-20-40)22-25-9-5-3-6-10-25)36-33(35-31)44-27-13-15-28(16-14-27)45(41,42)23-26-11-7-4-8-12-26/h3-16,21,29,37-38H,17-20,22-23H2,1-2H3,(H,34,35,36). The molecule has 3 heterocycles. The van der Waals surface area contributed by atoms with E-state index in [1.165, 1.54) is 17.3 Å². The predicted molar refractivity (Wildman–Crippen MR) is 178 cm³/mol. The van der Waals surface area contributed by atoms with Gasteiger partial charge in [0.1, 0.15) is 6.17 Å². The fraction of sp³-hybridized carbons (Fsp3) is 0.273. The number of aromatic nitrogens is 2. The van der Waals surface area contributed by atoms with E-state index in [-0.39, 0.29) is 16.8 Å². The molecule has 3 N–H and O–H groups in total. The van der Waals surface area contributed by atoms with Gasteiger partial charge in [-0.1, -0.05) is 60.7 Å². The molecule has 12 heteroatoms. The second kappa shape index (κ2) is 13.9. The van der Waals surface area contributed by atoms with Gasteiger partial charge in [0.2, 0.25) is 5.75 Å². The second-order valence-electron chi connectivity index (χ2n) is 11.0. The first-order valence-electron chi connectivity index (χ1n) is 14.8. The lowest BCUT2D eigenvalue weighted by atomic mass is 10.2. The first-order chi connectivity index (χ1) is 21.9. The van der Waals surface area contributed by atoms with Gasteiger partial charge in [-0.25, -0.2) is 23.8 Å². The van der Waals surface area contributed by atoms with Gasteiger partial charge in [0, 0.05) is 43.3 Å². The fourth-order valence-electron chi connectivity index (χ4n) is 5.37. The Morgan fingerprint density at radius 1 is 0.911 bits per heavy atom. The number of ether oxygens (including phenoxy) is 1. The number of benzene rings is 3. The van der Waals surface area contributed by atoms with Crippen LogP contribution >= 0.6 is 11.8 Å². The molecular formula is C33H37N7O3S2. The van der Waals surface area contributed by atoms with Crippen molar-refractivity contribution in [1.82, 2.24) is 25.7 Å². The van der Waals surface area contributed by atoms with Gasteiger partial charge in [-0.15, -0.1) is 0 Å². The molecule has 1 fully saturated rings. The van der Waals surface area contributed by atoms with E-state index in [0.717, 1.165) is 54.7 Å². The summed E-state index contributed by atoms with van der Waals surface area (Å²) in [4.78, 5) is 15.6. The van der Waals surface area contributed by atoms with E-state index in [9.17, 15) is 8.42 Å². The van der Waals surface area contributed by atoms with Crippen molar-refractivity contribution in [2.24, 2.45) is 0 Å². The van der Waals surface area contributed by atoms with Crippen LogP contribution in [0.1, 0.15) is 18.1 Å². The van der Waals surface area contributed by atoms with Crippen molar-refractivity contribution in [3.63, 3.8) is 0 Å². The van der Waals surface area contributed by atoms with Crippen LogP contribution in [0.4, 0.5) is 11.6 Å². The number of hydrogen-bond acceptors (Lipinski definition) is 11. The number of hydrazine groups is 1. The molecule has 234 valence electrons. The second-order valence-corrected chi connectivity index (χ2v) is 14.0. The van der Waals surface area contributed by atoms with Crippen molar-refractivity contribution in [3.05, 3.63) is 108 Å². The summed E-state index contributed by atoms with van der Waals surface area (Å²) in [6.45, 7) is 6.26. The van der Waals surface area contributed by atoms with Crippen molar-refractivity contribution in [1.29, 1.82) is 0 Å². The third-order valence-electron chi connectivity index (χ3n) is 7.68. The quantitative estimate of drug-likeness (QED) is 0.198. The number of rotatable bonds is 11. The molecule has 2 aliphatic rings. The third kappa shape index (κ3) is 7.77. The van der Waals surface area contributed by atoms with Gasteiger partial charge >= 0.3 is 0 Å².